The molecule has 0 N–H and O–H groups in total. The molecule has 4 heterocycles. The number of hydrogen-bond acceptors (Lipinski definition) is 8. The predicted octanol–water partition coefficient (Wildman–Crippen LogP) is 14.9. The Hall–Kier alpha value is 0.784. The molecule has 0 amide bonds. The Morgan fingerprint density at radius 3 is 0.817 bits per heavy atom. The number of hydrogen-bond donors (Lipinski definition) is 0. The molecule has 0 saturated carbocycles. The van der Waals surface area contributed by atoms with Gasteiger partial charge in [-0.25, -0.2) is 0 Å². The van der Waals surface area contributed by atoms with Crippen LogP contribution in [0.25, 0.3) is 0 Å². The largest absolute Gasteiger partial charge is 1.00 e. The van der Waals surface area contributed by atoms with Gasteiger partial charge in [-0.2, -0.15) is 0 Å². The van der Waals surface area contributed by atoms with Gasteiger partial charge >= 0.3 is 132 Å². The Balaban J connectivity index is 0.000000548. The molecule has 4 saturated heterocycles. The second-order valence-corrected chi connectivity index (χ2v) is 40.8. The van der Waals surface area contributed by atoms with Crippen LogP contribution in [0.5, 0.6) is 0 Å². The summed E-state index contributed by atoms with van der Waals surface area (Å²) < 4.78 is 19.8. The molecule has 0 spiro atoms. The molecule has 6 aromatic rings. The summed E-state index contributed by atoms with van der Waals surface area (Å²) in [5, 5.41) is 0. The summed E-state index contributed by atoms with van der Waals surface area (Å²) in [6, 6.07) is 45.0. The molecule has 6 nitrogen and oxygen atoms in total. The van der Waals surface area contributed by atoms with Crippen LogP contribution in [0.15, 0.2) is 129 Å². The molecule has 442 valence electrons. The average molecular weight is 1550 g/mol. The zero-order valence-corrected chi connectivity index (χ0v) is 60.3. The molecule has 18 heteroatoms. The fourth-order valence-electron chi connectivity index (χ4n) is 8.07. The molecule has 6 aromatic carbocycles. The van der Waals surface area contributed by atoms with E-state index in [1.165, 1.54) is 117 Å². The second-order valence-electron chi connectivity index (χ2n) is 18.9. The Labute approximate surface area is 568 Å². The average Bonchev–Trinajstić information content (AvgIpc) is 4.31. The van der Waals surface area contributed by atoms with Crippen LogP contribution >= 0.6 is 59.4 Å². The van der Waals surface area contributed by atoms with Gasteiger partial charge in [0.2, 0.25) is 0 Å². The number of rotatable bonds is 10. The van der Waals surface area contributed by atoms with Crippen molar-refractivity contribution in [1.29, 1.82) is 0 Å². The third-order valence-electron chi connectivity index (χ3n) is 12.2. The number of benzene rings is 6. The van der Waals surface area contributed by atoms with Gasteiger partial charge in [0.25, 0.3) is 0 Å². The molecule has 0 unspecified atom stereocenters. The normalized spacial score (nSPS) is 14.1. The molecular formula is C64H80Cl6Gd2Li2N2O4S2. The summed E-state index contributed by atoms with van der Waals surface area (Å²) in [7, 11) is 0. The summed E-state index contributed by atoms with van der Waals surface area (Å²) in [6.45, 7) is 25.1. The number of para-hydroxylation sites is 2. The predicted molar refractivity (Wildman–Crippen MR) is 343 cm³/mol. The van der Waals surface area contributed by atoms with Crippen molar-refractivity contribution < 1.29 is 115 Å². The van der Waals surface area contributed by atoms with Crippen molar-refractivity contribution in [2.75, 3.05) is 52.9 Å². The smallest absolute Gasteiger partial charge is 1.00 e. The van der Waals surface area contributed by atoms with Gasteiger partial charge in [-0.3, -0.25) is 0 Å². The molecule has 0 atom stereocenters. The molecular weight excluding hydrogens is 1470 g/mol. The van der Waals surface area contributed by atoms with E-state index in [9.17, 15) is 0 Å². The van der Waals surface area contributed by atoms with Crippen LogP contribution in [0.4, 0.5) is 11.4 Å². The first-order chi connectivity index (χ1) is 38.5. The van der Waals surface area contributed by atoms with Gasteiger partial charge in [-0.15, -0.1) is 94.3 Å². The Morgan fingerprint density at radius 2 is 0.598 bits per heavy atom. The minimum atomic E-state index is -1.98. The Bertz CT molecular complexity index is 2400. The molecule has 82 heavy (non-hydrogen) atoms. The topological polar surface area (TPSA) is 61.6 Å². The summed E-state index contributed by atoms with van der Waals surface area (Å²) in [6.07, 6.45) is 14.1. The van der Waals surface area contributed by atoms with Crippen LogP contribution in [-0.4, -0.2) is 65.3 Å². The van der Waals surface area contributed by atoms with Crippen LogP contribution < -0.4 is 37.7 Å². The maximum absolute atomic E-state index is 4.98. The summed E-state index contributed by atoms with van der Waals surface area (Å²) >= 11 is -0.205. The van der Waals surface area contributed by atoms with E-state index >= 15 is 0 Å². The van der Waals surface area contributed by atoms with E-state index in [2.05, 4.69) is 177 Å². The summed E-state index contributed by atoms with van der Waals surface area (Å²) in [5.41, 5.74) is 16.7. The quantitative estimate of drug-likeness (QED) is 0.0589. The third kappa shape index (κ3) is 37.7. The summed E-state index contributed by atoms with van der Waals surface area (Å²) in [4.78, 5) is 12.1. The van der Waals surface area contributed by atoms with Crippen molar-refractivity contribution in [3.63, 3.8) is 0 Å². The number of halogens is 6. The number of aliphatic imine (C=N–C) groups is 2. The molecule has 10 rings (SSSR count). The Morgan fingerprint density at radius 1 is 0.378 bits per heavy atom. The molecule has 4 aliphatic rings. The standard InChI is InChI=1S/2C24H24NS.4C4H8O.6ClH.2Gd.2Li/c2*1-17-8-5-9-18(2)23(17)25-15-21-12-7-13-22(14-21)16-26-24-19(3)10-6-11-20(24)4;4*1-2-4-5-3-1;;;;;;;;;;/h2*5-13,15H,16H2,1-4H3;4*1-4H2;6*1H;;;;/q2*-1;;;;;;;;;;;2*+3;2*+1/p-6. The minimum Gasteiger partial charge on any atom is 1.00 e. The van der Waals surface area contributed by atoms with Gasteiger partial charge in [-0.05, 0) is 164 Å². The first-order valence-electron chi connectivity index (χ1n) is 26.8. The van der Waals surface area contributed by atoms with Crippen LogP contribution in [0.1, 0.15) is 118 Å². The zero-order valence-electron chi connectivity index (χ0n) is 49.6. The fraction of sp³-hybridized carbons (Fsp3) is 0.406. The number of nitrogens with zero attached hydrogens (tertiary/aromatic N) is 2. The SMILES string of the molecule is C1CCOC1.C1CCOC1.C1CCOC1.C1CCOC1.Cc1cccc(C)c1N=Cc1[c-]c(CSc2c(C)cccc2C)ccc1.Cc1cccc(C)c1N=Cc1[c-]c(CSc2c(C)cccc2C)ccc1.[Cl][Gd]([Cl])[Cl].[Cl][Gd]([Cl])[Cl].[Li+].[Li+]. The van der Waals surface area contributed by atoms with Gasteiger partial charge in [0.15, 0.2) is 0 Å². The van der Waals surface area contributed by atoms with E-state index in [-0.39, 0.29) is 37.7 Å². The van der Waals surface area contributed by atoms with Crippen molar-refractivity contribution >= 4 is 83.2 Å². The monoisotopic (exact) mass is 1540 g/mol. The van der Waals surface area contributed by atoms with Gasteiger partial charge in [-0.1, -0.05) is 72.8 Å². The molecule has 0 bridgehead atoms. The van der Waals surface area contributed by atoms with E-state index < -0.39 is 58.4 Å². The van der Waals surface area contributed by atoms with Gasteiger partial charge in [0, 0.05) is 74.2 Å². The maximum atomic E-state index is 4.98. The molecule has 4 aliphatic heterocycles. The summed E-state index contributed by atoms with van der Waals surface area (Å²) in [5.74, 6) is 31.7. The maximum Gasteiger partial charge on any atom is 1.00 e. The molecule has 0 aliphatic carbocycles. The molecule has 0 radical (unpaired) electrons. The van der Waals surface area contributed by atoms with Gasteiger partial charge < -0.3 is 28.9 Å². The first kappa shape index (κ1) is 80.8. The minimum absolute atomic E-state index is 0. The Kier molecular flexibility index (Phi) is 49.8. The van der Waals surface area contributed by atoms with Crippen LogP contribution in [0.3, 0.4) is 0 Å². The van der Waals surface area contributed by atoms with Gasteiger partial charge in [0.05, 0.1) is 11.4 Å². The van der Waals surface area contributed by atoms with Crippen LogP contribution in [0, 0.1) is 126 Å². The van der Waals surface area contributed by atoms with Crippen LogP contribution in [-0.2, 0) is 30.5 Å². The second kappa shape index (κ2) is 50.5. The van der Waals surface area contributed by atoms with E-state index in [1.54, 1.807) is 0 Å². The van der Waals surface area contributed by atoms with Crippen molar-refractivity contribution in [2.45, 2.75) is 128 Å². The van der Waals surface area contributed by atoms with Crippen molar-refractivity contribution in [3.8, 4) is 0 Å². The fourth-order valence-corrected chi connectivity index (χ4v) is 10.2. The van der Waals surface area contributed by atoms with Crippen molar-refractivity contribution in [2.24, 2.45) is 9.98 Å². The first-order valence-corrected chi connectivity index (χ1v) is 45.8. The molecule has 4 fully saturated rings. The number of thioether (sulfide) groups is 2. The number of aryl methyl sites for hydroxylation is 8. The zero-order chi connectivity index (χ0) is 58.3. The van der Waals surface area contributed by atoms with Crippen molar-refractivity contribution in [1.82, 2.24) is 0 Å². The van der Waals surface area contributed by atoms with E-state index in [0.717, 1.165) is 86.9 Å². The third-order valence-corrected chi connectivity index (χ3v) is 14.9. The number of ether oxygens (including phenoxy) is 4. The van der Waals surface area contributed by atoms with E-state index in [1.807, 2.05) is 36.0 Å². The van der Waals surface area contributed by atoms with Gasteiger partial charge in [0.1, 0.15) is 0 Å². The van der Waals surface area contributed by atoms with Crippen molar-refractivity contribution in [3.05, 3.63) is 188 Å². The molecule has 0 aromatic heterocycles. The van der Waals surface area contributed by atoms with E-state index in [0.29, 0.717) is 0 Å². The van der Waals surface area contributed by atoms with E-state index in [4.69, 9.17) is 64.8 Å². The van der Waals surface area contributed by atoms with Crippen LogP contribution in [0.2, 0.25) is 0 Å².